The molecule has 1 amide bonds. The third-order valence-corrected chi connectivity index (χ3v) is 3.29. The Bertz CT molecular complexity index is 708. The van der Waals surface area contributed by atoms with Gasteiger partial charge in [0.05, 0.1) is 10.6 Å². The summed E-state index contributed by atoms with van der Waals surface area (Å²) in [5.41, 5.74) is -0.536. The maximum atomic E-state index is 11.8. The van der Waals surface area contributed by atoms with Crippen LogP contribution >= 0.6 is 11.3 Å². The van der Waals surface area contributed by atoms with Gasteiger partial charge in [0.2, 0.25) is 5.91 Å². The highest BCUT2D eigenvalue weighted by Crippen LogP contribution is 2.15. The number of nitrogens with one attached hydrogen (secondary N) is 1. The third-order valence-electron chi connectivity index (χ3n) is 2.60. The number of nitro groups is 1. The van der Waals surface area contributed by atoms with Crippen molar-refractivity contribution >= 4 is 28.1 Å². The van der Waals surface area contributed by atoms with E-state index < -0.39 is 16.4 Å². The van der Waals surface area contributed by atoms with Crippen molar-refractivity contribution in [1.82, 2.24) is 9.55 Å². The second kappa shape index (κ2) is 5.61. The smallest absolute Gasteiger partial charge is 0.288 e. The molecule has 0 saturated heterocycles. The van der Waals surface area contributed by atoms with E-state index >= 15 is 0 Å². The lowest BCUT2D eigenvalue weighted by Crippen LogP contribution is -2.29. The van der Waals surface area contributed by atoms with Crippen LogP contribution in [0.3, 0.4) is 0 Å². The second-order valence-electron chi connectivity index (χ2n) is 3.87. The van der Waals surface area contributed by atoms with Gasteiger partial charge in [-0.1, -0.05) is 0 Å². The maximum absolute atomic E-state index is 11.8. The van der Waals surface area contributed by atoms with E-state index in [1.54, 1.807) is 5.38 Å². The number of carbonyl (C=O) groups is 1. The molecule has 2 rings (SSSR count). The van der Waals surface area contributed by atoms with Gasteiger partial charge in [0.25, 0.3) is 11.2 Å². The summed E-state index contributed by atoms with van der Waals surface area (Å²) in [7, 11) is 0. The summed E-state index contributed by atoms with van der Waals surface area (Å²) in [6.07, 6.45) is 1.53. The Kier molecular flexibility index (Phi) is 3.89. The van der Waals surface area contributed by atoms with Crippen LogP contribution in [0.1, 0.15) is 5.69 Å². The summed E-state index contributed by atoms with van der Waals surface area (Å²) >= 11 is 1.24. The van der Waals surface area contributed by atoms with Crippen molar-refractivity contribution in [3.8, 4) is 0 Å². The Morgan fingerprint density at radius 3 is 2.90 bits per heavy atom. The van der Waals surface area contributed by atoms with E-state index in [1.165, 1.54) is 24.5 Å². The van der Waals surface area contributed by atoms with Crippen molar-refractivity contribution in [2.45, 2.75) is 13.5 Å². The number of anilines is 1. The van der Waals surface area contributed by atoms with Gasteiger partial charge in [0.15, 0.2) is 5.13 Å². The van der Waals surface area contributed by atoms with E-state index in [-0.39, 0.29) is 17.9 Å². The molecular formula is C11H10N4O4S. The first-order valence-electron chi connectivity index (χ1n) is 5.53. The zero-order chi connectivity index (χ0) is 14.7. The lowest BCUT2D eigenvalue weighted by Gasteiger charge is -2.09. The standard InChI is InChI=1S/C11H10N4O4S/c1-7-8(15(18)19)2-3-10(17)14(7)6-9(16)13-11-12-4-5-20-11/h2-5H,6H2,1H3,(H,12,13,16). The molecule has 0 fully saturated rings. The molecule has 0 radical (unpaired) electrons. The van der Waals surface area contributed by atoms with Crippen LogP contribution in [0.5, 0.6) is 0 Å². The van der Waals surface area contributed by atoms with Crippen LogP contribution in [0.4, 0.5) is 10.8 Å². The lowest BCUT2D eigenvalue weighted by molar-refractivity contribution is -0.386. The monoisotopic (exact) mass is 294 g/mol. The number of thiazole rings is 1. The number of nitrogens with zero attached hydrogens (tertiary/aromatic N) is 3. The zero-order valence-electron chi connectivity index (χ0n) is 10.4. The van der Waals surface area contributed by atoms with Crippen molar-refractivity contribution in [1.29, 1.82) is 0 Å². The predicted octanol–water partition coefficient (Wildman–Crippen LogP) is 1.16. The van der Waals surface area contributed by atoms with Gasteiger partial charge in [-0.25, -0.2) is 4.98 Å². The molecule has 104 valence electrons. The van der Waals surface area contributed by atoms with Crippen LogP contribution in [0, 0.1) is 17.0 Å². The van der Waals surface area contributed by atoms with Gasteiger partial charge in [-0.3, -0.25) is 24.3 Å². The first-order valence-corrected chi connectivity index (χ1v) is 6.41. The quantitative estimate of drug-likeness (QED) is 0.672. The number of rotatable bonds is 4. The fourth-order valence-corrected chi connectivity index (χ4v) is 2.19. The Hall–Kier alpha value is -2.55. The van der Waals surface area contributed by atoms with Crippen LogP contribution in [0.15, 0.2) is 28.5 Å². The van der Waals surface area contributed by atoms with Crippen molar-refractivity contribution in [2.75, 3.05) is 5.32 Å². The molecule has 0 aliphatic rings. The fraction of sp³-hybridized carbons (Fsp3) is 0.182. The van der Waals surface area contributed by atoms with Gasteiger partial charge in [-0.05, 0) is 6.92 Å². The molecule has 0 unspecified atom stereocenters. The van der Waals surface area contributed by atoms with Gasteiger partial charge < -0.3 is 5.32 Å². The Morgan fingerprint density at radius 2 is 2.30 bits per heavy atom. The minimum Gasteiger partial charge on any atom is -0.300 e. The summed E-state index contributed by atoms with van der Waals surface area (Å²) in [6.45, 7) is 1.13. The van der Waals surface area contributed by atoms with Crippen LogP contribution in [0.2, 0.25) is 0 Å². The maximum Gasteiger partial charge on any atom is 0.288 e. The number of carbonyl (C=O) groups excluding carboxylic acids is 1. The Labute approximate surface area is 116 Å². The van der Waals surface area contributed by atoms with Gasteiger partial charge >= 0.3 is 0 Å². The first-order chi connectivity index (χ1) is 9.49. The summed E-state index contributed by atoms with van der Waals surface area (Å²) in [6, 6.07) is 2.20. The molecule has 0 aliphatic carbocycles. The van der Waals surface area contributed by atoms with Gasteiger partial charge in [0.1, 0.15) is 6.54 Å². The van der Waals surface area contributed by atoms with Crippen LogP contribution < -0.4 is 10.9 Å². The number of hydrogen-bond donors (Lipinski definition) is 1. The molecule has 2 aromatic rings. The highest BCUT2D eigenvalue weighted by molar-refractivity contribution is 7.13. The largest absolute Gasteiger partial charge is 0.300 e. The normalized spacial score (nSPS) is 10.2. The van der Waals surface area contributed by atoms with Crippen molar-refractivity contribution in [3.63, 3.8) is 0 Å². The Morgan fingerprint density at radius 1 is 1.55 bits per heavy atom. The SMILES string of the molecule is Cc1c([N+](=O)[O-])ccc(=O)n1CC(=O)Nc1nccs1. The average Bonchev–Trinajstić information content (AvgIpc) is 2.86. The molecule has 0 aromatic carbocycles. The number of amides is 1. The summed E-state index contributed by atoms with van der Waals surface area (Å²) in [5.74, 6) is -0.467. The van der Waals surface area contributed by atoms with E-state index in [9.17, 15) is 19.7 Å². The minimum absolute atomic E-state index is 0.136. The summed E-state index contributed by atoms with van der Waals surface area (Å²) in [4.78, 5) is 37.6. The van der Waals surface area contributed by atoms with Gasteiger partial charge in [-0.2, -0.15) is 0 Å². The van der Waals surface area contributed by atoms with E-state index in [0.717, 1.165) is 16.7 Å². The zero-order valence-corrected chi connectivity index (χ0v) is 11.2. The number of aromatic nitrogens is 2. The van der Waals surface area contributed by atoms with Crippen LogP contribution in [0.25, 0.3) is 0 Å². The van der Waals surface area contributed by atoms with E-state index in [4.69, 9.17) is 0 Å². The highest BCUT2D eigenvalue weighted by Gasteiger charge is 2.17. The molecule has 8 nitrogen and oxygen atoms in total. The third kappa shape index (κ3) is 2.88. The molecule has 20 heavy (non-hydrogen) atoms. The molecular weight excluding hydrogens is 284 g/mol. The first kappa shape index (κ1) is 13.9. The fourth-order valence-electron chi connectivity index (χ4n) is 1.64. The number of pyridine rings is 1. The molecule has 0 aliphatic heterocycles. The molecule has 0 spiro atoms. The van der Waals surface area contributed by atoms with E-state index in [2.05, 4.69) is 10.3 Å². The predicted molar refractivity (Wildman–Crippen MR) is 72.8 cm³/mol. The topological polar surface area (TPSA) is 107 Å². The van der Waals surface area contributed by atoms with E-state index in [1.807, 2.05) is 0 Å². The van der Waals surface area contributed by atoms with Crippen molar-refractivity contribution in [2.24, 2.45) is 0 Å². The molecule has 2 aromatic heterocycles. The Balaban J connectivity index is 2.25. The van der Waals surface area contributed by atoms with Crippen LogP contribution in [-0.2, 0) is 11.3 Å². The van der Waals surface area contributed by atoms with Gasteiger partial charge in [0, 0.05) is 23.7 Å². The van der Waals surface area contributed by atoms with Crippen molar-refractivity contribution < 1.29 is 9.72 Å². The number of hydrogen-bond acceptors (Lipinski definition) is 6. The molecule has 0 bridgehead atoms. The van der Waals surface area contributed by atoms with E-state index in [0.29, 0.717) is 5.13 Å². The van der Waals surface area contributed by atoms with Gasteiger partial charge in [-0.15, -0.1) is 11.3 Å². The lowest BCUT2D eigenvalue weighted by atomic mass is 10.3. The molecule has 2 heterocycles. The molecule has 0 saturated carbocycles. The second-order valence-corrected chi connectivity index (χ2v) is 4.77. The van der Waals surface area contributed by atoms with Crippen LogP contribution in [-0.4, -0.2) is 20.4 Å². The van der Waals surface area contributed by atoms with Crippen molar-refractivity contribution in [3.05, 3.63) is 49.9 Å². The molecule has 1 N–H and O–H groups in total. The molecule has 9 heteroatoms. The molecule has 0 atom stereocenters. The average molecular weight is 294 g/mol. The summed E-state index contributed by atoms with van der Waals surface area (Å²) < 4.78 is 1.06. The summed E-state index contributed by atoms with van der Waals surface area (Å²) in [5, 5.41) is 15.4. The highest BCUT2D eigenvalue weighted by atomic mass is 32.1. The minimum atomic E-state index is -0.593.